The standard InChI is InChI=1S/C11H21N3O/c1-5-10(6-12)14(4)8-11(15)13-7-9(2)3/h9-10H,5,7-8H2,1-4H3,(H,13,15). The minimum absolute atomic E-state index is 0.0140. The van der Waals surface area contributed by atoms with Crippen LogP contribution in [0.3, 0.4) is 0 Å². The summed E-state index contributed by atoms with van der Waals surface area (Å²) < 4.78 is 0. The smallest absolute Gasteiger partial charge is 0.234 e. The number of carbonyl (C=O) groups excluding carboxylic acids is 1. The van der Waals surface area contributed by atoms with E-state index in [-0.39, 0.29) is 11.9 Å². The Balaban J connectivity index is 3.91. The Morgan fingerprint density at radius 2 is 2.13 bits per heavy atom. The molecule has 1 amide bonds. The fourth-order valence-corrected chi connectivity index (χ4v) is 1.21. The van der Waals surface area contributed by atoms with Crippen molar-refractivity contribution in [1.82, 2.24) is 10.2 Å². The average molecular weight is 211 g/mol. The molecule has 0 radical (unpaired) electrons. The van der Waals surface area contributed by atoms with E-state index in [0.29, 0.717) is 19.0 Å². The number of hydrogen-bond donors (Lipinski definition) is 1. The maximum absolute atomic E-state index is 11.4. The van der Waals surface area contributed by atoms with Crippen LogP contribution in [0.4, 0.5) is 0 Å². The minimum atomic E-state index is -0.171. The summed E-state index contributed by atoms with van der Waals surface area (Å²) in [6.07, 6.45) is 0.741. The zero-order chi connectivity index (χ0) is 11.8. The topological polar surface area (TPSA) is 56.1 Å². The van der Waals surface area contributed by atoms with Gasteiger partial charge in [-0.3, -0.25) is 9.69 Å². The van der Waals surface area contributed by atoms with Gasteiger partial charge in [0.05, 0.1) is 18.7 Å². The number of hydrogen-bond acceptors (Lipinski definition) is 3. The van der Waals surface area contributed by atoms with Crippen molar-refractivity contribution in [3.05, 3.63) is 0 Å². The molecule has 4 heteroatoms. The van der Waals surface area contributed by atoms with E-state index in [1.54, 1.807) is 11.9 Å². The first-order valence-corrected chi connectivity index (χ1v) is 5.37. The lowest BCUT2D eigenvalue weighted by atomic mass is 10.2. The highest BCUT2D eigenvalue weighted by atomic mass is 16.2. The third kappa shape index (κ3) is 6.08. The second-order valence-corrected chi connectivity index (χ2v) is 4.17. The summed E-state index contributed by atoms with van der Waals surface area (Å²) in [4.78, 5) is 13.2. The molecule has 1 N–H and O–H groups in total. The molecule has 0 saturated carbocycles. The Morgan fingerprint density at radius 1 is 1.53 bits per heavy atom. The van der Waals surface area contributed by atoms with Gasteiger partial charge in [0.1, 0.15) is 0 Å². The third-order valence-electron chi connectivity index (χ3n) is 2.17. The van der Waals surface area contributed by atoms with Crippen LogP contribution in [0.1, 0.15) is 27.2 Å². The molecular formula is C11H21N3O. The predicted octanol–water partition coefficient (Wildman–Crippen LogP) is 0.993. The van der Waals surface area contributed by atoms with Crippen molar-refractivity contribution in [2.24, 2.45) is 5.92 Å². The lowest BCUT2D eigenvalue weighted by Crippen LogP contribution is -2.40. The molecule has 0 aliphatic carbocycles. The van der Waals surface area contributed by atoms with E-state index < -0.39 is 0 Å². The minimum Gasteiger partial charge on any atom is -0.355 e. The van der Waals surface area contributed by atoms with Crippen molar-refractivity contribution in [3.8, 4) is 6.07 Å². The van der Waals surface area contributed by atoms with Crippen molar-refractivity contribution < 1.29 is 4.79 Å². The molecule has 0 aromatic carbocycles. The highest BCUT2D eigenvalue weighted by Gasteiger charge is 2.14. The molecule has 1 atom stereocenters. The molecule has 0 saturated heterocycles. The fourth-order valence-electron chi connectivity index (χ4n) is 1.21. The number of rotatable bonds is 6. The zero-order valence-electron chi connectivity index (χ0n) is 10.1. The molecule has 0 aliphatic rings. The van der Waals surface area contributed by atoms with Crippen LogP contribution in [0.15, 0.2) is 0 Å². The molecule has 0 rings (SSSR count). The molecule has 0 fully saturated rings. The monoisotopic (exact) mass is 211 g/mol. The molecule has 0 spiro atoms. The SMILES string of the molecule is CCC(C#N)N(C)CC(=O)NCC(C)C. The van der Waals surface area contributed by atoms with E-state index in [0.717, 1.165) is 6.42 Å². The van der Waals surface area contributed by atoms with Crippen molar-refractivity contribution in [2.45, 2.75) is 33.2 Å². The van der Waals surface area contributed by atoms with Crippen LogP contribution in [0.5, 0.6) is 0 Å². The summed E-state index contributed by atoms with van der Waals surface area (Å²) in [5, 5.41) is 11.6. The Morgan fingerprint density at radius 3 is 2.53 bits per heavy atom. The molecule has 0 heterocycles. The maximum atomic E-state index is 11.4. The first-order valence-electron chi connectivity index (χ1n) is 5.37. The van der Waals surface area contributed by atoms with Crippen molar-refractivity contribution in [2.75, 3.05) is 20.1 Å². The van der Waals surface area contributed by atoms with E-state index in [1.807, 2.05) is 20.8 Å². The predicted molar refractivity (Wildman–Crippen MR) is 60.2 cm³/mol. The Bertz CT molecular complexity index is 232. The number of nitrogens with zero attached hydrogens (tertiary/aromatic N) is 2. The van der Waals surface area contributed by atoms with E-state index >= 15 is 0 Å². The molecule has 1 unspecified atom stereocenters. The van der Waals surface area contributed by atoms with Gasteiger partial charge in [-0.15, -0.1) is 0 Å². The normalized spacial score (nSPS) is 12.6. The number of carbonyl (C=O) groups is 1. The number of amides is 1. The second-order valence-electron chi connectivity index (χ2n) is 4.17. The van der Waals surface area contributed by atoms with E-state index in [4.69, 9.17) is 5.26 Å². The van der Waals surface area contributed by atoms with Crippen LogP contribution in [0.25, 0.3) is 0 Å². The second kappa shape index (κ2) is 7.24. The molecule has 0 bridgehead atoms. The van der Waals surface area contributed by atoms with Gasteiger partial charge in [-0.25, -0.2) is 0 Å². The van der Waals surface area contributed by atoms with Crippen LogP contribution < -0.4 is 5.32 Å². The Labute approximate surface area is 92.3 Å². The van der Waals surface area contributed by atoms with Gasteiger partial charge in [0.25, 0.3) is 0 Å². The number of nitriles is 1. The lowest BCUT2D eigenvalue weighted by molar-refractivity contribution is -0.122. The average Bonchev–Trinajstić information content (AvgIpc) is 2.16. The van der Waals surface area contributed by atoms with Crippen LogP contribution in [0.2, 0.25) is 0 Å². The molecule has 0 aromatic heterocycles. The summed E-state index contributed by atoms with van der Waals surface area (Å²) in [5.41, 5.74) is 0. The van der Waals surface area contributed by atoms with Gasteiger partial charge in [-0.2, -0.15) is 5.26 Å². The molecule has 15 heavy (non-hydrogen) atoms. The Kier molecular flexibility index (Phi) is 6.72. The van der Waals surface area contributed by atoms with Crippen LogP contribution in [0, 0.1) is 17.2 Å². The molecular weight excluding hydrogens is 190 g/mol. The summed E-state index contributed by atoms with van der Waals surface area (Å²) >= 11 is 0. The van der Waals surface area contributed by atoms with Gasteiger partial charge >= 0.3 is 0 Å². The number of likely N-dealkylation sites (N-methyl/N-ethyl adjacent to an activating group) is 1. The first kappa shape index (κ1) is 13.9. The van der Waals surface area contributed by atoms with E-state index in [1.165, 1.54) is 0 Å². The van der Waals surface area contributed by atoms with Gasteiger partial charge in [-0.05, 0) is 19.4 Å². The molecule has 4 nitrogen and oxygen atoms in total. The van der Waals surface area contributed by atoms with E-state index in [2.05, 4.69) is 11.4 Å². The zero-order valence-corrected chi connectivity index (χ0v) is 10.1. The molecule has 86 valence electrons. The highest BCUT2D eigenvalue weighted by Crippen LogP contribution is 1.99. The van der Waals surface area contributed by atoms with Crippen molar-refractivity contribution in [1.29, 1.82) is 5.26 Å². The maximum Gasteiger partial charge on any atom is 0.234 e. The number of nitrogens with one attached hydrogen (secondary N) is 1. The van der Waals surface area contributed by atoms with Crippen LogP contribution in [-0.2, 0) is 4.79 Å². The van der Waals surface area contributed by atoms with Crippen molar-refractivity contribution >= 4 is 5.91 Å². The summed E-state index contributed by atoms with van der Waals surface area (Å²) in [6.45, 7) is 7.02. The van der Waals surface area contributed by atoms with Gasteiger partial charge in [0.15, 0.2) is 0 Å². The van der Waals surface area contributed by atoms with Gasteiger partial charge < -0.3 is 5.32 Å². The van der Waals surface area contributed by atoms with Gasteiger partial charge in [0.2, 0.25) is 5.91 Å². The Hall–Kier alpha value is -1.08. The van der Waals surface area contributed by atoms with Crippen LogP contribution >= 0.6 is 0 Å². The summed E-state index contributed by atoms with van der Waals surface area (Å²) in [6, 6.07) is 2.00. The quantitative estimate of drug-likeness (QED) is 0.713. The van der Waals surface area contributed by atoms with E-state index in [9.17, 15) is 4.79 Å². The highest BCUT2D eigenvalue weighted by molar-refractivity contribution is 5.78. The lowest BCUT2D eigenvalue weighted by Gasteiger charge is -2.20. The van der Waals surface area contributed by atoms with Crippen LogP contribution in [-0.4, -0.2) is 37.0 Å². The largest absolute Gasteiger partial charge is 0.355 e. The third-order valence-corrected chi connectivity index (χ3v) is 2.17. The van der Waals surface area contributed by atoms with Crippen molar-refractivity contribution in [3.63, 3.8) is 0 Å². The molecule has 0 aliphatic heterocycles. The summed E-state index contributed by atoms with van der Waals surface area (Å²) in [7, 11) is 1.80. The summed E-state index contributed by atoms with van der Waals surface area (Å²) in [5.74, 6) is 0.442. The molecule has 0 aromatic rings. The fraction of sp³-hybridized carbons (Fsp3) is 0.818. The first-order chi connectivity index (χ1) is 7.01. The van der Waals surface area contributed by atoms with Gasteiger partial charge in [-0.1, -0.05) is 20.8 Å². The van der Waals surface area contributed by atoms with Gasteiger partial charge in [0, 0.05) is 6.54 Å².